The smallest absolute Gasteiger partial charge is 0.328 e. The van der Waals surface area contributed by atoms with Crippen LogP contribution in [0.15, 0.2) is 72.8 Å². The molecule has 3 rings (SSSR count). The van der Waals surface area contributed by atoms with Crippen molar-refractivity contribution in [3.63, 3.8) is 0 Å². The summed E-state index contributed by atoms with van der Waals surface area (Å²) in [6.45, 7) is 7.20. The minimum atomic E-state index is -1.22. The Labute approximate surface area is 348 Å². The molecule has 3 aromatic rings. The van der Waals surface area contributed by atoms with Gasteiger partial charge in [-0.1, -0.05) is 64.1 Å². The molecule has 0 aliphatic carbocycles. The van der Waals surface area contributed by atoms with Gasteiger partial charge in [0.1, 0.15) is 41.4 Å². The van der Waals surface area contributed by atoms with Gasteiger partial charge < -0.3 is 39.5 Å². The third-order valence-electron chi connectivity index (χ3n) is 10.8. The van der Waals surface area contributed by atoms with Crippen LogP contribution in [0.3, 0.4) is 0 Å². The molecule has 0 spiro atoms. The third-order valence-corrected chi connectivity index (χ3v) is 10.8. The van der Waals surface area contributed by atoms with Crippen LogP contribution in [0, 0.1) is 11.8 Å². The molecule has 0 saturated carbocycles. The molecular weight excluding hydrogens is 757 g/mol. The molecule has 6 atom stereocenters. The summed E-state index contributed by atoms with van der Waals surface area (Å²) in [6.07, 6.45) is 0.193. The Morgan fingerprint density at radius 2 is 1.15 bits per heavy atom. The molecule has 0 aliphatic heterocycles. The molecule has 14 heteroatoms. The van der Waals surface area contributed by atoms with E-state index >= 15 is 0 Å². The first-order chi connectivity index (χ1) is 27.9. The number of carbonyl (C=O) groups is 5. The molecule has 0 bridgehead atoms. The first-order valence-electron chi connectivity index (χ1n) is 19.9. The van der Waals surface area contributed by atoms with Crippen LogP contribution in [0.1, 0.15) is 57.2 Å². The van der Waals surface area contributed by atoms with Crippen molar-refractivity contribution >= 4 is 29.7 Å². The SMILES string of the molecule is CC[C@H](C)[C@@H](OC(=O)[C@H](Cc1ccc(OC)cc1)N(C)C)C(=O)N[C@@H](C(=O)N(C)[C@@H](Cc1ccc(O)cc1)C(=O)N(C)[C@H](CCc1ccc(O)cc1)C(=O)OC)C(C)C. The van der Waals surface area contributed by atoms with Gasteiger partial charge in [0.25, 0.3) is 5.91 Å². The standard InChI is InChI=1S/C45H62N4O10/c1-11-29(4)40(59-45(56)38(47(5)6)27-32-16-23-35(57-9)24-17-32)41(52)46-39(28(2)3)43(54)49(8)37(26-31-14-21-34(51)22-15-31)42(53)48(7)36(44(55)58-10)25-18-30-12-19-33(50)20-13-30/h12-17,19-24,28-29,36-40,50-51H,11,18,25-27H2,1-10H3,(H,46,52)/t29-,36+,37-,38-,39+,40+/m0/s1. The van der Waals surface area contributed by atoms with Gasteiger partial charge in [0, 0.05) is 26.4 Å². The molecule has 14 nitrogen and oxygen atoms in total. The number of phenols is 2. The second-order valence-electron chi connectivity index (χ2n) is 15.5. The zero-order valence-electron chi connectivity index (χ0n) is 36.0. The number of amides is 3. The molecule has 322 valence electrons. The van der Waals surface area contributed by atoms with Crippen LogP contribution in [0.5, 0.6) is 17.2 Å². The monoisotopic (exact) mass is 818 g/mol. The summed E-state index contributed by atoms with van der Waals surface area (Å²) in [6, 6.07) is 16.1. The average molecular weight is 819 g/mol. The fourth-order valence-electron chi connectivity index (χ4n) is 6.63. The minimum absolute atomic E-state index is 0.0174. The molecule has 59 heavy (non-hydrogen) atoms. The number of likely N-dealkylation sites (N-methyl/N-ethyl adjacent to an activating group) is 3. The van der Waals surface area contributed by atoms with E-state index in [0.29, 0.717) is 30.6 Å². The molecule has 3 aromatic carbocycles. The summed E-state index contributed by atoms with van der Waals surface area (Å²) in [5.41, 5.74) is 2.33. The maximum Gasteiger partial charge on any atom is 0.328 e. The number of hydrogen-bond acceptors (Lipinski definition) is 11. The van der Waals surface area contributed by atoms with Crippen LogP contribution >= 0.6 is 0 Å². The molecular formula is C45H62N4O10. The van der Waals surface area contributed by atoms with Crippen molar-refractivity contribution in [2.75, 3.05) is 42.4 Å². The van der Waals surface area contributed by atoms with Crippen LogP contribution in [0.4, 0.5) is 0 Å². The van der Waals surface area contributed by atoms with E-state index in [1.807, 2.05) is 19.1 Å². The average Bonchev–Trinajstić information content (AvgIpc) is 3.22. The van der Waals surface area contributed by atoms with Crippen molar-refractivity contribution in [2.24, 2.45) is 11.8 Å². The number of nitrogens with zero attached hydrogens (tertiary/aromatic N) is 3. The number of hydrogen-bond donors (Lipinski definition) is 3. The Bertz CT molecular complexity index is 1830. The van der Waals surface area contributed by atoms with Crippen molar-refractivity contribution in [3.8, 4) is 17.2 Å². The molecule has 3 amide bonds. The van der Waals surface area contributed by atoms with E-state index in [9.17, 15) is 34.2 Å². The zero-order chi connectivity index (χ0) is 44.0. The molecule has 3 N–H and O–H groups in total. The number of aromatic hydroxyl groups is 2. The van der Waals surface area contributed by atoms with Gasteiger partial charge in [-0.15, -0.1) is 0 Å². The van der Waals surface area contributed by atoms with Crippen molar-refractivity contribution < 1.29 is 48.4 Å². The molecule has 0 fully saturated rings. The largest absolute Gasteiger partial charge is 0.508 e. The van der Waals surface area contributed by atoms with Gasteiger partial charge in [-0.25, -0.2) is 4.79 Å². The van der Waals surface area contributed by atoms with Gasteiger partial charge in [0.2, 0.25) is 11.8 Å². The Morgan fingerprint density at radius 1 is 0.661 bits per heavy atom. The lowest BCUT2D eigenvalue weighted by Crippen LogP contribution is -2.59. The Morgan fingerprint density at radius 3 is 1.63 bits per heavy atom. The summed E-state index contributed by atoms with van der Waals surface area (Å²) < 4.78 is 16.3. The summed E-state index contributed by atoms with van der Waals surface area (Å²) in [7, 11) is 9.27. The number of benzene rings is 3. The molecule has 0 saturated heterocycles. The maximum atomic E-state index is 14.5. The second-order valence-corrected chi connectivity index (χ2v) is 15.5. The van der Waals surface area contributed by atoms with Crippen molar-refractivity contribution in [3.05, 3.63) is 89.5 Å². The van der Waals surface area contributed by atoms with Crippen LogP contribution in [-0.4, -0.2) is 127 Å². The zero-order valence-corrected chi connectivity index (χ0v) is 36.0. The normalized spacial score (nSPS) is 14.3. The Hall–Kier alpha value is -5.63. The lowest BCUT2D eigenvalue weighted by Gasteiger charge is -2.36. The third kappa shape index (κ3) is 13.5. The summed E-state index contributed by atoms with van der Waals surface area (Å²) in [5.74, 6) is -3.06. The maximum absolute atomic E-state index is 14.5. The summed E-state index contributed by atoms with van der Waals surface area (Å²) in [4.78, 5) is 74.3. The summed E-state index contributed by atoms with van der Waals surface area (Å²) >= 11 is 0. The van der Waals surface area contributed by atoms with E-state index in [-0.39, 0.29) is 24.3 Å². The number of aryl methyl sites for hydroxylation is 1. The Balaban J connectivity index is 1.90. The number of methoxy groups -OCH3 is 2. The predicted octanol–water partition coefficient (Wildman–Crippen LogP) is 4.38. The fraction of sp³-hybridized carbons (Fsp3) is 0.489. The van der Waals surface area contributed by atoms with Crippen molar-refractivity contribution in [1.29, 1.82) is 0 Å². The van der Waals surface area contributed by atoms with E-state index in [1.165, 1.54) is 55.3 Å². The number of rotatable bonds is 21. The highest BCUT2D eigenvalue weighted by molar-refractivity contribution is 5.95. The highest BCUT2D eigenvalue weighted by Crippen LogP contribution is 2.22. The van der Waals surface area contributed by atoms with Gasteiger partial charge in [0.15, 0.2) is 6.10 Å². The highest BCUT2D eigenvalue weighted by atomic mass is 16.6. The molecule has 0 aliphatic rings. The topological polar surface area (TPSA) is 175 Å². The van der Waals surface area contributed by atoms with Crippen molar-refractivity contribution in [2.45, 2.75) is 90.1 Å². The van der Waals surface area contributed by atoms with Gasteiger partial charge in [-0.2, -0.15) is 0 Å². The van der Waals surface area contributed by atoms with Gasteiger partial charge in [0.05, 0.1) is 14.2 Å². The van der Waals surface area contributed by atoms with E-state index in [2.05, 4.69) is 5.32 Å². The first kappa shape index (κ1) is 47.7. The number of esters is 2. The van der Waals surface area contributed by atoms with E-state index in [0.717, 1.165) is 11.1 Å². The number of nitrogens with one attached hydrogen (secondary N) is 1. The van der Waals surface area contributed by atoms with Gasteiger partial charge in [-0.05, 0) is 98.8 Å². The predicted molar refractivity (Wildman–Crippen MR) is 224 cm³/mol. The second kappa shape index (κ2) is 22.5. The van der Waals surface area contributed by atoms with E-state index < -0.39 is 71.8 Å². The van der Waals surface area contributed by atoms with Crippen LogP contribution < -0.4 is 10.1 Å². The number of ether oxygens (including phenoxy) is 3. The molecule has 0 radical (unpaired) electrons. The van der Waals surface area contributed by atoms with Gasteiger partial charge in [-0.3, -0.25) is 24.1 Å². The number of phenolic OH excluding ortho intramolecular Hbond substituents is 2. The summed E-state index contributed by atoms with van der Waals surface area (Å²) in [5, 5.41) is 22.5. The fourth-order valence-corrected chi connectivity index (χ4v) is 6.63. The van der Waals surface area contributed by atoms with E-state index in [4.69, 9.17) is 14.2 Å². The van der Waals surface area contributed by atoms with Crippen LogP contribution in [0.2, 0.25) is 0 Å². The van der Waals surface area contributed by atoms with Gasteiger partial charge >= 0.3 is 11.9 Å². The quantitative estimate of drug-likeness (QED) is 0.130. The van der Waals surface area contributed by atoms with Crippen LogP contribution in [-0.2, 0) is 52.7 Å². The molecule has 0 aromatic heterocycles. The first-order valence-corrected chi connectivity index (χ1v) is 19.9. The lowest BCUT2D eigenvalue weighted by molar-refractivity contribution is -0.164. The van der Waals surface area contributed by atoms with E-state index in [1.54, 1.807) is 83.3 Å². The molecule has 0 unspecified atom stereocenters. The number of carbonyl (C=O) groups excluding carboxylic acids is 5. The minimum Gasteiger partial charge on any atom is -0.508 e. The molecule has 0 heterocycles. The van der Waals surface area contributed by atoms with Crippen molar-refractivity contribution in [1.82, 2.24) is 20.0 Å². The highest BCUT2D eigenvalue weighted by Gasteiger charge is 2.40. The lowest BCUT2D eigenvalue weighted by atomic mass is 9.96. The van der Waals surface area contributed by atoms with Crippen LogP contribution in [0.25, 0.3) is 0 Å². The Kier molecular flexibility index (Phi) is 18.2.